The number of aliphatic hydroxyl groups excluding tert-OH is 1. The molecule has 1 unspecified atom stereocenters. The van der Waals surface area contributed by atoms with Crippen molar-refractivity contribution >= 4 is 0 Å². The lowest BCUT2D eigenvalue weighted by Gasteiger charge is -2.10. The highest BCUT2D eigenvalue weighted by Gasteiger charge is 2.09. The van der Waals surface area contributed by atoms with Crippen LogP contribution in [0.1, 0.15) is 17.2 Å². The van der Waals surface area contributed by atoms with Crippen LogP contribution in [0.2, 0.25) is 0 Å². The summed E-state index contributed by atoms with van der Waals surface area (Å²) in [7, 11) is 0. The second kappa shape index (κ2) is 4.81. The summed E-state index contributed by atoms with van der Waals surface area (Å²) in [6.45, 7) is 0. The Morgan fingerprint density at radius 2 is 1.94 bits per heavy atom. The van der Waals surface area contributed by atoms with Crippen LogP contribution in [-0.4, -0.2) is 15.1 Å². The van der Waals surface area contributed by atoms with E-state index in [0.29, 0.717) is 12.0 Å². The molecule has 0 saturated heterocycles. The first-order chi connectivity index (χ1) is 7.75. The summed E-state index contributed by atoms with van der Waals surface area (Å²) in [5, 5.41) is 9.87. The average molecular weight is 218 g/mol. The zero-order valence-corrected chi connectivity index (χ0v) is 8.55. The molecule has 0 spiro atoms. The number of hydrogen-bond acceptors (Lipinski definition) is 3. The van der Waals surface area contributed by atoms with E-state index < -0.39 is 11.9 Å². The molecule has 2 aromatic heterocycles. The fourth-order valence-electron chi connectivity index (χ4n) is 1.47. The lowest BCUT2D eigenvalue weighted by molar-refractivity contribution is 0.177. The van der Waals surface area contributed by atoms with E-state index in [9.17, 15) is 9.50 Å². The molecule has 2 rings (SSSR count). The molecule has 0 saturated carbocycles. The van der Waals surface area contributed by atoms with Crippen molar-refractivity contribution in [1.29, 1.82) is 0 Å². The monoisotopic (exact) mass is 218 g/mol. The van der Waals surface area contributed by atoms with Crippen LogP contribution in [0.3, 0.4) is 0 Å². The van der Waals surface area contributed by atoms with Crippen LogP contribution >= 0.6 is 0 Å². The summed E-state index contributed by atoms with van der Waals surface area (Å²) in [4.78, 5) is 7.59. The van der Waals surface area contributed by atoms with Gasteiger partial charge in [0.05, 0.1) is 12.3 Å². The topological polar surface area (TPSA) is 46.0 Å². The van der Waals surface area contributed by atoms with Crippen molar-refractivity contribution in [3.8, 4) is 0 Å². The third-order valence-electron chi connectivity index (χ3n) is 2.29. The molecule has 0 aromatic carbocycles. The SMILES string of the molecule is OC(Cc1ccncc1)c1cncc(F)c1. The second-order valence-corrected chi connectivity index (χ2v) is 3.51. The molecule has 4 heteroatoms. The first kappa shape index (κ1) is 10.7. The Balaban J connectivity index is 2.12. The number of aromatic nitrogens is 2. The molecule has 3 nitrogen and oxygen atoms in total. The predicted octanol–water partition coefficient (Wildman–Crippen LogP) is 1.89. The molecule has 0 radical (unpaired) electrons. The first-order valence-corrected chi connectivity index (χ1v) is 4.93. The fraction of sp³-hybridized carbons (Fsp3) is 0.167. The molecular formula is C12H11FN2O. The highest BCUT2D eigenvalue weighted by Crippen LogP contribution is 2.17. The van der Waals surface area contributed by atoms with E-state index in [4.69, 9.17) is 0 Å². The maximum absolute atomic E-state index is 12.9. The van der Waals surface area contributed by atoms with Crippen molar-refractivity contribution in [2.45, 2.75) is 12.5 Å². The van der Waals surface area contributed by atoms with E-state index in [1.54, 1.807) is 12.4 Å². The van der Waals surface area contributed by atoms with Gasteiger partial charge in [-0.25, -0.2) is 4.39 Å². The predicted molar refractivity (Wildman–Crippen MR) is 57.1 cm³/mol. The number of halogens is 1. The van der Waals surface area contributed by atoms with Crippen molar-refractivity contribution in [2.75, 3.05) is 0 Å². The van der Waals surface area contributed by atoms with Gasteiger partial charge in [-0.2, -0.15) is 0 Å². The Bertz CT molecular complexity index is 462. The summed E-state index contributed by atoms with van der Waals surface area (Å²) < 4.78 is 12.9. The van der Waals surface area contributed by atoms with Crippen molar-refractivity contribution in [2.24, 2.45) is 0 Å². The van der Waals surface area contributed by atoms with Crippen LogP contribution < -0.4 is 0 Å². The fourth-order valence-corrected chi connectivity index (χ4v) is 1.47. The molecule has 16 heavy (non-hydrogen) atoms. The van der Waals surface area contributed by atoms with E-state index in [1.807, 2.05) is 12.1 Å². The van der Waals surface area contributed by atoms with Gasteiger partial charge in [-0.05, 0) is 23.8 Å². The third-order valence-corrected chi connectivity index (χ3v) is 2.29. The minimum absolute atomic E-state index is 0.424. The quantitative estimate of drug-likeness (QED) is 0.855. The number of rotatable bonds is 3. The van der Waals surface area contributed by atoms with Gasteiger partial charge in [-0.1, -0.05) is 0 Å². The van der Waals surface area contributed by atoms with Crippen molar-refractivity contribution in [1.82, 2.24) is 9.97 Å². The molecule has 82 valence electrons. The Kier molecular flexibility index (Phi) is 3.22. The normalized spacial score (nSPS) is 12.4. The van der Waals surface area contributed by atoms with E-state index >= 15 is 0 Å². The highest BCUT2D eigenvalue weighted by atomic mass is 19.1. The molecule has 1 atom stereocenters. The van der Waals surface area contributed by atoms with E-state index in [0.717, 1.165) is 11.8 Å². The largest absolute Gasteiger partial charge is 0.388 e. The zero-order valence-electron chi connectivity index (χ0n) is 8.55. The van der Waals surface area contributed by atoms with Crippen molar-refractivity contribution in [3.63, 3.8) is 0 Å². The van der Waals surface area contributed by atoms with E-state index in [2.05, 4.69) is 9.97 Å². The lowest BCUT2D eigenvalue weighted by Crippen LogP contribution is -2.02. The van der Waals surface area contributed by atoms with E-state index in [1.165, 1.54) is 12.3 Å². The van der Waals surface area contributed by atoms with Crippen molar-refractivity contribution in [3.05, 3.63) is 59.9 Å². The van der Waals surface area contributed by atoms with Gasteiger partial charge < -0.3 is 5.11 Å². The molecule has 2 aromatic rings. The third kappa shape index (κ3) is 2.61. The number of hydrogen-bond donors (Lipinski definition) is 1. The molecule has 0 aliphatic carbocycles. The molecule has 0 aliphatic rings. The molecule has 0 amide bonds. The maximum atomic E-state index is 12.9. The van der Waals surface area contributed by atoms with Gasteiger partial charge in [0, 0.05) is 30.6 Å². The second-order valence-electron chi connectivity index (χ2n) is 3.51. The Morgan fingerprint density at radius 1 is 1.19 bits per heavy atom. The molecule has 0 aliphatic heterocycles. The standard InChI is InChI=1S/C12H11FN2O/c13-11-6-10(7-15-8-11)12(16)5-9-1-3-14-4-2-9/h1-4,6-8,12,16H,5H2. The molecule has 1 N–H and O–H groups in total. The first-order valence-electron chi connectivity index (χ1n) is 4.93. The average Bonchev–Trinajstić information content (AvgIpc) is 2.30. The highest BCUT2D eigenvalue weighted by molar-refractivity contribution is 5.18. The van der Waals surface area contributed by atoms with E-state index in [-0.39, 0.29) is 0 Å². The van der Waals surface area contributed by atoms with Gasteiger partial charge in [0.2, 0.25) is 0 Å². The summed E-state index contributed by atoms with van der Waals surface area (Å²) in [5.41, 5.74) is 1.43. The van der Waals surface area contributed by atoms with Gasteiger partial charge in [-0.15, -0.1) is 0 Å². The van der Waals surface area contributed by atoms with Gasteiger partial charge >= 0.3 is 0 Å². The molecule has 0 fully saturated rings. The zero-order chi connectivity index (χ0) is 11.4. The van der Waals surface area contributed by atoms with Crippen LogP contribution in [0.5, 0.6) is 0 Å². The number of nitrogens with zero attached hydrogens (tertiary/aromatic N) is 2. The Labute approximate surface area is 92.6 Å². The van der Waals surface area contributed by atoms with Gasteiger partial charge in [-0.3, -0.25) is 9.97 Å². The minimum atomic E-state index is -0.745. The van der Waals surface area contributed by atoms with Gasteiger partial charge in [0.1, 0.15) is 5.82 Å². The number of pyridine rings is 2. The van der Waals surface area contributed by atoms with Crippen LogP contribution in [0.4, 0.5) is 4.39 Å². The van der Waals surface area contributed by atoms with Crippen LogP contribution in [0.15, 0.2) is 43.0 Å². The van der Waals surface area contributed by atoms with Gasteiger partial charge in [0.15, 0.2) is 0 Å². The summed E-state index contributed by atoms with van der Waals surface area (Å²) in [5.74, 6) is -0.439. The summed E-state index contributed by atoms with van der Waals surface area (Å²) in [6, 6.07) is 4.92. The molecule has 0 bridgehead atoms. The Hall–Kier alpha value is -1.81. The Morgan fingerprint density at radius 3 is 2.62 bits per heavy atom. The summed E-state index contributed by atoms with van der Waals surface area (Å²) in [6.07, 6.45) is 5.58. The van der Waals surface area contributed by atoms with Crippen LogP contribution in [0, 0.1) is 5.82 Å². The van der Waals surface area contributed by atoms with Crippen molar-refractivity contribution < 1.29 is 9.50 Å². The lowest BCUT2D eigenvalue weighted by atomic mass is 10.0. The number of aliphatic hydroxyl groups is 1. The smallest absolute Gasteiger partial charge is 0.141 e. The van der Waals surface area contributed by atoms with Gasteiger partial charge in [0.25, 0.3) is 0 Å². The van der Waals surface area contributed by atoms with Crippen LogP contribution in [0.25, 0.3) is 0 Å². The summed E-state index contributed by atoms with van der Waals surface area (Å²) >= 11 is 0. The molecular weight excluding hydrogens is 207 g/mol. The van der Waals surface area contributed by atoms with Crippen LogP contribution in [-0.2, 0) is 6.42 Å². The maximum Gasteiger partial charge on any atom is 0.141 e. The minimum Gasteiger partial charge on any atom is -0.388 e. The molecule has 2 heterocycles.